The lowest BCUT2D eigenvalue weighted by atomic mass is 9.96. The van der Waals surface area contributed by atoms with E-state index in [1.807, 2.05) is 60.7 Å². The third-order valence-corrected chi connectivity index (χ3v) is 5.18. The largest absolute Gasteiger partial charge is 0.507 e. The van der Waals surface area contributed by atoms with Crippen LogP contribution in [0.4, 0.5) is 0 Å². The molecule has 0 spiro atoms. The van der Waals surface area contributed by atoms with E-state index in [4.69, 9.17) is 0 Å². The maximum absolute atomic E-state index is 10.7. The molecule has 0 aliphatic rings. The number of halogens is 2. The Hall–Kier alpha value is -2.04. The predicted octanol–water partition coefficient (Wildman–Crippen LogP) is 6.60. The van der Waals surface area contributed by atoms with Gasteiger partial charge in [0, 0.05) is 30.8 Å². The Morgan fingerprint density at radius 3 is 1.38 bits per heavy atom. The molecule has 0 aliphatic carbocycles. The third-order valence-electron chi connectivity index (χ3n) is 4.20. The number of fused-ring (bicyclic) bond motifs is 2. The second-order valence-corrected chi connectivity index (χ2v) is 7.49. The fraction of sp³-hybridized carbons (Fsp3) is 0. The Bertz CT molecular complexity index is 1010. The van der Waals surface area contributed by atoms with Crippen molar-refractivity contribution in [1.82, 2.24) is 0 Å². The lowest BCUT2D eigenvalue weighted by Crippen LogP contribution is -1.85. The molecule has 0 fully saturated rings. The van der Waals surface area contributed by atoms with E-state index in [1.165, 1.54) is 0 Å². The van der Waals surface area contributed by atoms with Crippen LogP contribution in [0.25, 0.3) is 32.7 Å². The summed E-state index contributed by atoms with van der Waals surface area (Å²) in [5, 5.41) is 24.8. The highest BCUT2D eigenvalue weighted by Gasteiger charge is 2.14. The fourth-order valence-corrected chi connectivity index (χ4v) is 3.76. The lowest BCUT2D eigenvalue weighted by Gasteiger charge is -2.12. The normalized spacial score (nSPS) is 11.2. The van der Waals surface area contributed by atoms with Crippen LogP contribution < -0.4 is 0 Å². The van der Waals surface area contributed by atoms with Gasteiger partial charge in [0.25, 0.3) is 0 Å². The molecule has 24 heavy (non-hydrogen) atoms. The van der Waals surface area contributed by atoms with Crippen molar-refractivity contribution in [2.45, 2.75) is 0 Å². The van der Waals surface area contributed by atoms with Crippen LogP contribution in [0, 0.1) is 0 Å². The molecule has 0 unspecified atom stereocenters. The molecule has 2 nitrogen and oxygen atoms in total. The van der Waals surface area contributed by atoms with Gasteiger partial charge in [-0.15, -0.1) is 0 Å². The van der Waals surface area contributed by atoms with Crippen molar-refractivity contribution in [3.8, 4) is 22.6 Å². The first-order chi connectivity index (χ1) is 11.5. The van der Waals surface area contributed by atoms with E-state index in [9.17, 15) is 10.2 Å². The molecule has 4 heteroatoms. The van der Waals surface area contributed by atoms with Gasteiger partial charge in [-0.1, -0.05) is 44.0 Å². The molecule has 4 rings (SSSR count). The number of phenolic OH excluding ortho intramolecular Hbond substituents is 2. The average Bonchev–Trinajstić information content (AvgIpc) is 2.56. The lowest BCUT2D eigenvalue weighted by molar-refractivity contribution is 0.475. The van der Waals surface area contributed by atoms with Crippen LogP contribution in [0.2, 0.25) is 0 Å². The van der Waals surface area contributed by atoms with E-state index >= 15 is 0 Å². The smallest absolute Gasteiger partial charge is 0.131 e. The van der Waals surface area contributed by atoms with Gasteiger partial charge in [-0.2, -0.15) is 0 Å². The van der Waals surface area contributed by atoms with E-state index in [-0.39, 0.29) is 11.5 Å². The minimum Gasteiger partial charge on any atom is -0.507 e. The summed E-state index contributed by atoms with van der Waals surface area (Å²) in [6, 6.07) is 19.0. The van der Waals surface area contributed by atoms with Crippen LogP contribution in [-0.4, -0.2) is 10.2 Å². The summed E-state index contributed by atoms with van der Waals surface area (Å²) in [7, 11) is 0. The van der Waals surface area contributed by atoms with Gasteiger partial charge in [-0.25, -0.2) is 0 Å². The van der Waals surface area contributed by atoms with Gasteiger partial charge < -0.3 is 10.2 Å². The van der Waals surface area contributed by atoms with Gasteiger partial charge in [0.2, 0.25) is 0 Å². The topological polar surface area (TPSA) is 40.5 Å². The molecule has 0 atom stereocenters. The van der Waals surface area contributed by atoms with E-state index < -0.39 is 0 Å². The number of aromatic hydroxyl groups is 2. The Morgan fingerprint density at radius 2 is 0.958 bits per heavy atom. The van der Waals surface area contributed by atoms with Gasteiger partial charge in [-0.3, -0.25) is 0 Å². The molecule has 0 saturated heterocycles. The summed E-state index contributed by atoms with van der Waals surface area (Å²) in [4.78, 5) is 0. The van der Waals surface area contributed by atoms with E-state index in [0.29, 0.717) is 11.1 Å². The van der Waals surface area contributed by atoms with E-state index in [0.717, 1.165) is 30.5 Å². The number of benzene rings is 4. The second kappa shape index (κ2) is 5.80. The third kappa shape index (κ3) is 2.46. The van der Waals surface area contributed by atoms with Gasteiger partial charge in [0.15, 0.2) is 0 Å². The van der Waals surface area contributed by atoms with Gasteiger partial charge >= 0.3 is 0 Å². The first kappa shape index (κ1) is 15.5. The maximum atomic E-state index is 10.7. The van der Waals surface area contributed by atoms with Crippen molar-refractivity contribution in [3.05, 3.63) is 69.6 Å². The minimum atomic E-state index is 0.173. The monoisotopic (exact) mass is 442 g/mol. The van der Waals surface area contributed by atoms with Crippen molar-refractivity contribution in [2.75, 3.05) is 0 Å². The predicted molar refractivity (Wildman–Crippen MR) is 106 cm³/mol. The number of hydrogen-bond acceptors (Lipinski definition) is 2. The number of rotatable bonds is 1. The zero-order valence-corrected chi connectivity index (χ0v) is 15.6. The first-order valence-electron chi connectivity index (χ1n) is 7.37. The average molecular weight is 444 g/mol. The molecule has 0 saturated carbocycles. The highest BCUT2D eigenvalue weighted by Crippen LogP contribution is 2.43. The van der Waals surface area contributed by atoms with Gasteiger partial charge in [-0.05, 0) is 59.3 Å². The van der Waals surface area contributed by atoms with Crippen LogP contribution >= 0.6 is 31.9 Å². The Labute approximate surface area is 155 Å². The summed E-state index contributed by atoms with van der Waals surface area (Å²) in [5.74, 6) is 0.346. The summed E-state index contributed by atoms with van der Waals surface area (Å²) in [5.41, 5.74) is 1.24. The first-order valence-corrected chi connectivity index (χ1v) is 8.96. The van der Waals surface area contributed by atoms with Crippen LogP contribution in [0.1, 0.15) is 0 Å². The van der Waals surface area contributed by atoms with Crippen LogP contribution in [-0.2, 0) is 0 Å². The summed E-state index contributed by atoms with van der Waals surface area (Å²) < 4.78 is 1.92. The van der Waals surface area contributed by atoms with Crippen molar-refractivity contribution in [3.63, 3.8) is 0 Å². The molecule has 0 aromatic heterocycles. The molecule has 0 amide bonds. The van der Waals surface area contributed by atoms with Gasteiger partial charge in [0.05, 0.1) is 0 Å². The van der Waals surface area contributed by atoms with E-state index in [2.05, 4.69) is 31.9 Å². The molecule has 4 aromatic rings. The zero-order valence-electron chi connectivity index (χ0n) is 12.4. The van der Waals surface area contributed by atoms with Crippen molar-refractivity contribution in [1.29, 1.82) is 0 Å². The summed E-state index contributed by atoms with van der Waals surface area (Å²) in [6.07, 6.45) is 0. The highest BCUT2D eigenvalue weighted by atomic mass is 79.9. The van der Waals surface area contributed by atoms with Crippen molar-refractivity contribution >= 4 is 53.4 Å². The molecule has 0 bridgehead atoms. The standard InChI is InChI=1S/C20H12Br2O2/c21-13-3-7-15-11(9-13)1-5-17(19(15)23)18-6-2-12-10-14(22)4-8-16(12)20(18)24/h1-10,23-24H. The molecule has 0 radical (unpaired) electrons. The molecular formula is C20H12Br2O2. The molecule has 4 aromatic carbocycles. The molecular weight excluding hydrogens is 432 g/mol. The molecule has 2 N–H and O–H groups in total. The Morgan fingerprint density at radius 1 is 0.542 bits per heavy atom. The fourth-order valence-electron chi connectivity index (χ4n) is 3.00. The summed E-state index contributed by atoms with van der Waals surface area (Å²) >= 11 is 6.88. The maximum Gasteiger partial charge on any atom is 0.131 e. The number of phenols is 2. The molecule has 118 valence electrons. The quantitative estimate of drug-likeness (QED) is 0.348. The zero-order chi connectivity index (χ0) is 16.8. The van der Waals surface area contributed by atoms with Crippen LogP contribution in [0.15, 0.2) is 69.6 Å². The molecule has 0 aliphatic heterocycles. The minimum absolute atomic E-state index is 0.173. The van der Waals surface area contributed by atoms with Gasteiger partial charge in [0.1, 0.15) is 11.5 Å². The van der Waals surface area contributed by atoms with E-state index in [1.54, 1.807) is 0 Å². The summed E-state index contributed by atoms with van der Waals surface area (Å²) in [6.45, 7) is 0. The van der Waals surface area contributed by atoms with Crippen LogP contribution in [0.3, 0.4) is 0 Å². The Kier molecular flexibility index (Phi) is 3.74. The van der Waals surface area contributed by atoms with Crippen LogP contribution in [0.5, 0.6) is 11.5 Å². The second-order valence-electron chi connectivity index (χ2n) is 5.65. The highest BCUT2D eigenvalue weighted by molar-refractivity contribution is 9.10. The molecule has 0 heterocycles. The number of hydrogen-bond donors (Lipinski definition) is 2. The van der Waals surface area contributed by atoms with Crippen molar-refractivity contribution < 1.29 is 10.2 Å². The Balaban J connectivity index is 1.99. The van der Waals surface area contributed by atoms with Crippen molar-refractivity contribution in [2.24, 2.45) is 0 Å². The SMILES string of the molecule is Oc1c(-c2ccc3cc(Br)ccc3c2O)ccc2cc(Br)ccc12.